The zero-order valence-electron chi connectivity index (χ0n) is 25.0. The van der Waals surface area contributed by atoms with Crippen LogP contribution in [0.2, 0.25) is 0 Å². The number of hydrogen-bond acceptors (Lipinski definition) is 14. The van der Waals surface area contributed by atoms with E-state index in [-0.39, 0.29) is 48.1 Å². The Bertz CT molecular complexity index is 1820. The zero-order chi connectivity index (χ0) is 34.9. The van der Waals surface area contributed by atoms with E-state index in [2.05, 4.69) is 30.3 Å². The van der Waals surface area contributed by atoms with E-state index in [0.29, 0.717) is 15.6 Å². The van der Waals surface area contributed by atoms with Gasteiger partial charge in [-0.1, -0.05) is 23.9 Å². The molecule has 6 amide bonds. The summed E-state index contributed by atoms with van der Waals surface area (Å²) >= 11 is 2.39. The Kier molecular flexibility index (Phi) is 9.93. The average Bonchev–Trinajstić information content (AvgIpc) is 3.45. The molecule has 3 aliphatic heterocycles. The molecule has 3 aliphatic rings. The largest absolute Gasteiger partial charge is 0.477 e. The quantitative estimate of drug-likeness (QED) is 0.0876. The third-order valence-corrected chi connectivity index (χ3v) is 10.2. The standard InChI is InChI=1S/C25H27N9O11S3/c1-3-32-8-9-33(21(38)20(32)37)24(41)27-15(12-4-6-14(7-5-12)45-48(42,43)44)18(35)26-16-19(36)34-17(23(39)40)13(10-46-22(16)34)11-47-25-28-29-30-31(25)2/h4-7,15-16,22H,3,8-11H2,1-2H3,(H,26,35)(H,27,41)(H,39,40)(H,42,43,44)/t15-,16-,22-/m1/s1. The molecular weight excluding hydrogens is 699 g/mol. The Morgan fingerprint density at radius 2 is 1.85 bits per heavy atom. The van der Waals surface area contributed by atoms with Gasteiger partial charge in [-0.2, -0.15) is 8.42 Å². The van der Waals surface area contributed by atoms with Crippen molar-refractivity contribution in [2.75, 3.05) is 31.1 Å². The number of carboxylic acids is 1. The number of carbonyl (C=O) groups is 6. The number of amides is 6. The Labute approximate surface area is 280 Å². The molecule has 0 bridgehead atoms. The van der Waals surface area contributed by atoms with Gasteiger partial charge in [0, 0.05) is 38.2 Å². The molecule has 2 aromatic rings. The van der Waals surface area contributed by atoms with Crippen LogP contribution in [0.3, 0.4) is 0 Å². The normalized spacial score (nSPS) is 20.2. The zero-order valence-corrected chi connectivity index (χ0v) is 27.5. The second kappa shape index (κ2) is 13.8. The maximum Gasteiger partial charge on any atom is 0.446 e. The van der Waals surface area contributed by atoms with Gasteiger partial charge in [0.05, 0.1) is 0 Å². The molecule has 0 radical (unpaired) electrons. The van der Waals surface area contributed by atoms with Crippen LogP contribution >= 0.6 is 23.5 Å². The maximum absolute atomic E-state index is 13.7. The van der Waals surface area contributed by atoms with Crippen LogP contribution in [0.25, 0.3) is 0 Å². The first-order valence-electron chi connectivity index (χ1n) is 13.9. The van der Waals surface area contributed by atoms with Gasteiger partial charge in [-0.15, -0.1) is 16.9 Å². The van der Waals surface area contributed by atoms with Gasteiger partial charge in [-0.3, -0.25) is 33.5 Å². The van der Waals surface area contributed by atoms with Gasteiger partial charge in [0.25, 0.3) is 5.91 Å². The summed E-state index contributed by atoms with van der Waals surface area (Å²) in [5.41, 5.74) is 0.248. The number of carboxylic acid groups (broad SMARTS) is 1. The highest BCUT2D eigenvalue weighted by molar-refractivity contribution is 8.01. The van der Waals surface area contributed by atoms with E-state index in [1.807, 2.05) is 0 Å². The fourth-order valence-corrected chi connectivity index (χ4v) is 7.72. The summed E-state index contributed by atoms with van der Waals surface area (Å²) in [4.78, 5) is 80.4. The molecule has 3 atom stereocenters. The van der Waals surface area contributed by atoms with E-state index in [1.165, 1.54) is 45.2 Å². The average molecular weight is 726 g/mol. The van der Waals surface area contributed by atoms with Crippen molar-refractivity contribution in [1.29, 1.82) is 0 Å². The number of piperazine rings is 1. The fourth-order valence-electron chi connectivity index (χ4n) is 5.04. The lowest BCUT2D eigenvalue weighted by Crippen LogP contribution is -2.71. The van der Waals surface area contributed by atoms with Crippen molar-refractivity contribution in [2.45, 2.75) is 29.5 Å². The van der Waals surface area contributed by atoms with E-state index in [4.69, 9.17) is 4.55 Å². The molecule has 0 spiro atoms. The van der Waals surface area contributed by atoms with Gasteiger partial charge in [0.1, 0.15) is 28.9 Å². The van der Waals surface area contributed by atoms with Crippen LogP contribution in [0.4, 0.5) is 4.79 Å². The van der Waals surface area contributed by atoms with Crippen molar-refractivity contribution < 1.29 is 51.0 Å². The Morgan fingerprint density at radius 3 is 2.46 bits per heavy atom. The van der Waals surface area contributed by atoms with Crippen molar-refractivity contribution in [3.63, 3.8) is 0 Å². The number of aryl methyl sites for hydroxylation is 1. The molecule has 4 heterocycles. The van der Waals surface area contributed by atoms with Gasteiger partial charge in [0.15, 0.2) is 0 Å². The van der Waals surface area contributed by atoms with Crippen LogP contribution in [-0.2, 0) is 41.4 Å². The second-order valence-corrected chi connectivity index (χ2v) is 13.4. The first-order valence-corrected chi connectivity index (χ1v) is 17.3. The number of β-lactam (4-membered cyclic amide) rings is 1. The highest BCUT2D eigenvalue weighted by Crippen LogP contribution is 2.41. The molecule has 20 nitrogen and oxygen atoms in total. The summed E-state index contributed by atoms with van der Waals surface area (Å²) < 4.78 is 37.0. The molecule has 23 heteroatoms. The summed E-state index contributed by atoms with van der Waals surface area (Å²) in [7, 11) is -3.25. The van der Waals surface area contributed by atoms with Crippen LogP contribution in [-0.4, -0.2) is 131 Å². The van der Waals surface area contributed by atoms with Crippen molar-refractivity contribution in [2.24, 2.45) is 7.05 Å². The number of imide groups is 1. The highest BCUT2D eigenvalue weighted by Gasteiger charge is 2.54. The van der Waals surface area contributed by atoms with Crippen LogP contribution in [0.15, 0.2) is 40.7 Å². The third kappa shape index (κ3) is 7.07. The summed E-state index contributed by atoms with van der Waals surface area (Å²) in [5.74, 6) is -4.97. The maximum atomic E-state index is 13.7. The molecule has 2 saturated heterocycles. The smallest absolute Gasteiger partial charge is 0.446 e. The van der Waals surface area contributed by atoms with Crippen molar-refractivity contribution in [1.82, 2.24) is 45.5 Å². The number of carbonyl (C=O) groups excluding carboxylic acids is 5. The molecule has 1 aromatic carbocycles. The molecule has 256 valence electrons. The summed E-state index contributed by atoms with van der Waals surface area (Å²) in [5, 5.41) is 25.6. The number of nitrogens with zero attached hydrogens (tertiary/aromatic N) is 7. The topological polar surface area (TPSA) is 264 Å². The molecule has 48 heavy (non-hydrogen) atoms. The highest BCUT2D eigenvalue weighted by atomic mass is 32.3. The molecule has 0 unspecified atom stereocenters. The number of nitrogens with one attached hydrogen (secondary N) is 2. The number of aliphatic carboxylic acids is 1. The number of thioether (sulfide) groups is 2. The number of urea groups is 1. The van der Waals surface area contributed by atoms with Crippen molar-refractivity contribution in [3.05, 3.63) is 41.1 Å². The van der Waals surface area contributed by atoms with E-state index in [1.54, 1.807) is 14.0 Å². The minimum Gasteiger partial charge on any atom is -0.477 e. The first kappa shape index (κ1) is 34.6. The van der Waals surface area contributed by atoms with Crippen LogP contribution < -0.4 is 14.8 Å². The van der Waals surface area contributed by atoms with Crippen LogP contribution in [0.5, 0.6) is 5.75 Å². The number of benzene rings is 1. The molecule has 5 rings (SSSR count). The minimum atomic E-state index is -4.87. The SMILES string of the molecule is CCN1CCN(C(=O)N[C@@H](C(=O)N[C@@H]2C(=O)N3C(C(=O)O)=C(CSc4nnnn4C)CS[C@H]23)c2ccc(OS(=O)(=O)O)cc2)C(=O)C1=O. The molecule has 4 N–H and O–H groups in total. The minimum absolute atomic E-state index is 0.0399. The molecular formula is C25H27N9O11S3. The van der Waals surface area contributed by atoms with E-state index in [9.17, 15) is 42.3 Å². The lowest BCUT2D eigenvalue weighted by molar-refractivity contribution is -0.153. The predicted molar refractivity (Wildman–Crippen MR) is 163 cm³/mol. The van der Waals surface area contributed by atoms with E-state index >= 15 is 0 Å². The lowest BCUT2D eigenvalue weighted by atomic mass is 10.0. The number of aromatic nitrogens is 4. The predicted octanol–water partition coefficient (Wildman–Crippen LogP) is -1.64. The molecule has 2 fully saturated rings. The van der Waals surface area contributed by atoms with E-state index < -0.39 is 63.5 Å². The molecule has 1 aromatic heterocycles. The fraction of sp³-hybridized carbons (Fsp3) is 0.400. The van der Waals surface area contributed by atoms with Gasteiger partial charge in [-0.05, 0) is 40.6 Å². The lowest BCUT2D eigenvalue weighted by Gasteiger charge is -2.49. The van der Waals surface area contributed by atoms with Gasteiger partial charge < -0.3 is 24.8 Å². The Balaban J connectivity index is 1.35. The first-order chi connectivity index (χ1) is 22.7. The summed E-state index contributed by atoms with van der Waals surface area (Å²) in [6, 6.07) is 0.662. The molecule has 0 saturated carbocycles. The van der Waals surface area contributed by atoms with Gasteiger partial charge >= 0.3 is 34.2 Å². The number of fused-ring (bicyclic) bond motifs is 1. The summed E-state index contributed by atoms with van der Waals surface area (Å²) in [6.45, 7) is 1.81. The van der Waals surface area contributed by atoms with Gasteiger partial charge in [0.2, 0.25) is 11.1 Å². The van der Waals surface area contributed by atoms with E-state index in [0.717, 1.165) is 17.0 Å². The number of likely N-dealkylation sites (N-methyl/N-ethyl adjacent to an activating group) is 1. The van der Waals surface area contributed by atoms with Crippen molar-refractivity contribution in [3.8, 4) is 5.75 Å². The van der Waals surface area contributed by atoms with Crippen molar-refractivity contribution >= 4 is 69.6 Å². The second-order valence-electron chi connectivity index (χ2n) is 10.3. The third-order valence-electron chi connectivity index (χ3n) is 7.39. The number of rotatable bonds is 11. The Hall–Kier alpha value is -4.74. The molecule has 0 aliphatic carbocycles. The van der Waals surface area contributed by atoms with Crippen LogP contribution in [0, 0.1) is 0 Å². The van der Waals surface area contributed by atoms with Gasteiger partial charge in [-0.25, -0.2) is 14.3 Å². The monoisotopic (exact) mass is 725 g/mol. The number of hydrogen-bond donors (Lipinski definition) is 4. The number of tetrazole rings is 1. The van der Waals surface area contributed by atoms with Crippen LogP contribution in [0.1, 0.15) is 18.5 Å². The Morgan fingerprint density at radius 1 is 1.15 bits per heavy atom. The summed E-state index contributed by atoms with van der Waals surface area (Å²) in [6.07, 6.45) is 0.